The highest BCUT2D eigenvalue weighted by atomic mass is 16.2. The van der Waals surface area contributed by atoms with Crippen LogP contribution in [0.15, 0.2) is 18.5 Å². The van der Waals surface area contributed by atoms with Crippen molar-refractivity contribution in [2.75, 3.05) is 19.6 Å². The maximum Gasteiger partial charge on any atom is 0.223 e. The Bertz CT molecular complexity index is 520. The summed E-state index contributed by atoms with van der Waals surface area (Å²) in [6, 6.07) is 3.00. The van der Waals surface area contributed by atoms with Crippen LogP contribution in [0.3, 0.4) is 0 Å². The lowest BCUT2D eigenvalue weighted by molar-refractivity contribution is -0.136. The highest BCUT2D eigenvalue weighted by Crippen LogP contribution is 2.26. The normalized spacial score (nSPS) is 23.3. The van der Waals surface area contributed by atoms with Gasteiger partial charge in [-0.05, 0) is 77.4 Å². The standard InChI is InChI=1S/C20H34N4O/c1-17(2)22-13-7-18(8-14-22)16-20(25)24-12-4-3-6-19(24)9-15-23-11-5-10-21-23/h5,10-11,17-19H,3-4,6-9,12-16H2,1-2H3/t19-/m1/s1. The summed E-state index contributed by atoms with van der Waals surface area (Å²) in [7, 11) is 0. The first-order chi connectivity index (χ1) is 12.1. The Morgan fingerprint density at radius 3 is 2.64 bits per heavy atom. The SMILES string of the molecule is CC(C)N1CCC(CC(=O)N2CCCC[C@@H]2CCn2cccn2)CC1. The molecule has 5 heteroatoms. The number of aromatic nitrogens is 2. The van der Waals surface area contributed by atoms with Gasteiger partial charge in [-0.15, -0.1) is 0 Å². The van der Waals surface area contributed by atoms with E-state index in [4.69, 9.17) is 0 Å². The summed E-state index contributed by atoms with van der Waals surface area (Å²) < 4.78 is 1.99. The molecule has 1 aromatic rings. The van der Waals surface area contributed by atoms with E-state index in [-0.39, 0.29) is 0 Å². The molecule has 140 valence electrons. The van der Waals surface area contributed by atoms with Gasteiger partial charge in [0.05, 0.1) is 0 Å². The van der Waals surface area contributed by atoms with Crippen molar-refractivity contribution in [2.24, 2.45) is 5.92 Å². The zero-order chi connectivity index (χ0) is 17.6. The minimum absolute atomic E-state index is 0.396. The molecule has 2 fully saturated rings. The summed E-state index contributed by atoms with van der Waals surface area (Å²) >= 11 is 0. The van der Waals surface area contributed by atoms with E-state index in [0.717, 1.165) is 51.9 Å². The predicted molar refractivity (Wildman–Crippen MR) is 100 cm³/mol. The molecule has 0 aliphatic carbocycles. The van der Waals surface area contributed by atoms with Crippen molar-refractivity contribution < 1.29 is 4.79 Å². The first kappa shape index (κ1) is 18.4. The molecule has 1 amide bonds. The molecule has 3 rings (SSSR count). The Morgan fingerprint density at radius 2 is 1.96 bits per heavy atom. The van der Waals surface area contributed by atoms with Crippen LogP contribution in [0.4, 0.5) is 0 Å². The van der Waals surface area contributed by atoms with Gasteiger partial charge in [-0.25, -0.2) is 0 Å². The van der Waals surface area contributed by atoms with Crippen LogP contribution >= 0.6 is 0 Å². The molecule has 3 heterocycles. The van der Waals surface area contributed by atoms with Crippen LogP contribution in [0, 0.1) is 5.92 Å². The lowest BCUT2D eigenvalue weighted by Crippen LogP contribution is -2.45. The van der Waals surface area contributed by atoms with E-state index in [1.54, 1.807) is 0 Å². The molecular formula is C20H34N4O. The minimum Gasteiger partial charge on any atom is -0.340 e. The molecule has 2 aliphatic rings. The highest BCUT2D eigenvalue weighted by Gasteiger charge is 2.29. The van der Waals surface area contributed by atoms with Gasteiger partial charge < -0.3 is 9.80 Å². The van der Waals surface area contributed by atoms with E-state index in [1.165, 1.54) is 19.3 Å². The van der Waals surface area contributed by atoms with Gasteiger partial charge in [0.15, 0.2) is 0 Å². The van der Waals surface area contributed by atoms with E-state index in [1.807, 2.05) is 23.1 Å². The largest absolute Gasteiger partial charge is 0.340 e. The first-order valence-corrected chi connectivity index (χ1v) is 10.1. The Morgan fingerprint density at radius 1 is 1.16 bits per heavy atom. The molecule has 1 aromatic heterocycles. The maximum absolute atomic E-state index is 12.9. The number of likely N-dealkylation sites (tertiary alicyclic amines) is 2. The topological polar surface area (TPSA) is 41.4 Å². The number of piperidine rings is 2. The quantitative estimate of drug-likeness (QED) is 0.794. The van der Waals surface area contributed by atoms with Crippen LogP contribution in [-0.4, -0.2) is 57.2 Å². The third kappa shape index (κ3) is 5.06. The van der Waals surface area contributed by atoms with Crippen LogP contribution in [0.5, 0.6) is 0 Å². The van der Waals surface area contributed by atoms with Gasteiger partial charge in [0.1, 0.15) is 0 Å². The molecule has 0 aromatic carbocycles. The average Bonchev–Trinajstić information content (AvgIpc) is 3.14. The van der Waals surface area contributed by atoms with Gasteiger partial charge in [0, 0.05) is 44.0 Å². The first-order valence-electron chi connectivity index (χ1n) is 10.1. The third-order valence-corrected chi connectivity index (χ3v) is 6.04. The van der Waals surface area contributed by atoms with Gasteiger partial charge in [-0.1, -0.05) is 0 Å². The van der Waals surface area contributed by atoms with Crippen LogP contribution in [0.2, 0.25) is 0 Å². The Hall–Kier alpha value is -1.36. The highest BCUT2D eigenvalue weighted by molar-refractivity contribution is 5.77. The fraction of sp³-hybridized carbons (Fsp3) is 0.800. The number of carbonyl (C=O) groups excluding carboxylic acids is 1. The van der Waals surface area contributed by atoms with Gasteiger partial charge in [-0.3, -0.25) is 9.48 Å². The molecule has 25 heavy (non-hydrogen) atoms. The average molecular weight is 347 g/mol. The van der Waals surface area contributed by atoms with Crippen molar-refractivity contribution >= 4 is 5.91 Å². The number of hydrogen-bond acceptors (Lipinski definition) is 3. The summed E-state index contributed by atoms with van der Waals surface area (Å²) in [5, 5.41) is 4.29. The lowest BCUT2D eigenvalue weighted by Gasteiger charge is -2.38. The van der Waals surface area contributed by atoms with Crippen molar-refractivity contribution in [1.29, 1.82) is 0 Å². The predicted octanol–water partition coefficient (Wildman–Crippen LogP) is 3.16. The zero-order valence-electron chi connectivity index (χ0n) is 15.9. The van der Waals surface area contributed by atoms with Gasteiger partial charge >= 0.3 is 0 Å². The number of nitrogens with zero attached hydrogens (tertiary/aromatic N) is 4. The Balaban J connectivity index is 1.49. The summed E-state index contributed by atoms with van der Waals surface area (Å²) in [5.74, 6) is 0.976. The van der Waals surface area contributed by atoms with E-state index in [9.17, 15) is 4.79 Å². The van der Waals surface area contributed by atoms with Crippen molar-refractivity contribution in [1.82, 2.24) is 19.6 Å². The van der Waals surface area contributed by atoms with Crippen molar-refractivity contribution in [3.63, 3.8) is 0 Å². The number of carbonyl (C=O) groups is 1. The zero-order valence-corrected chi connectivity index (χ0v) is 15.9. The molecule has 2 aliphatic heterocycles. The van der Waals surface area contributed by atoms with E-state index in [0.29, 0.717) is 23.9 Å². The fourth-order valence-corrected chi connectivity index (χ4v) is 4.38. The van der Waals surface area contributed by atoms with Crippen molar-refractivity contribution in [3.8, 4) is 0 Å². The molecule has 2 saturated heterocycles. The summed E-state index contributed by atoms with van der Waals surface area (Å²) in [4.78, 5) is 17.7. The Kier molecular flexibility index (Phi) is 6.51. The fourth-order valence-electron chi connectivity index (χ4n) is 4.38. The van der Waals surface area contributed by atoms with E-state index < -0.39 is 0 Å². The monoisotopic (exact) mass is 346 g/mol. The molecule has 0 N–H and O–H groups in total. The van der Waals surface area contributed by atoms with Crippen LogP contribution in [0.25, 0.3) is 0 Å². The smallest absolute Gasteiger partial charge is 0.223 e. The summed E-state index contributed by atoms with van der Waals surface area (Å²) in [6.45, 7) is 8.70. The summed E-state index contributed by atoms with van der Waals surface area (Å²) in [6.07, 6.45) is 11.5. The molecule has 0 spiro atoms. The van der Waals surface area contributed by atoms with Crippen LogP contribution < -0.4 is 0 Å². The Labute approximate surface area is 152 Å². The number of hydrogen-bond donors (Lipinski definition) is 0. The van der Waals surface area contributed by atoms with Crippen LogP contribution in [0.1, 0.15) is 58.8 Å². The lowest BCUT2D eigenvalue weighted by atomic mass is 9.91. The number of rotatable bonds is 6. The van der Waals surface area contributed by atoms with Gasteiger partial charge in [0.2, 0.25) is 5.91 Å². The van der Waals surface area contributed by atoms with E-state index in [2.05, 4.69) is 28.7 Å². The molecular weight excluding hydrogens is 312 g/mol. The van der Waals surface area contributed by atoms with Crippen molar-refractivity contribution in [3.05, 3.63) is 18.5 Å². The van der Waals surface area contributed by atoms with Crippen molar-refractivity contribution in [2.45, 2.75) is 77.4 Å². The molecule has 1 atom stereocenters. The molecule has 0 bridgehead atoms. The number of amides is 1. The molecule has 0 unspecified atom stereocenters. The van der Waals surface area contributed by atoms with Gasteiger partial charge in [-0.2, -0.15) is 5.10 Å². The molecule has 0 saturated carbocycles. The second-order valence-corrected chi connectivity index (χ2v) is 8.07. The second-order valence-electron chi connectivity index (χ2n) is 8.07. The second kappa shape index (κ2) is 8.84. The third-order valence-electron chi connectivity index (χ3n) is 6.04. The minimum atomic E-state index is 0.396. The number of aryl methyl sites for hydroxylation is 1. The van der Waals surface area contributed by atoms with E-state index >= 15 is 0 Å². The van der Waals surface area contributed by atoms with Crippen LogP contribution in [-0.2, 0) is 11.3 Å². The summed E-state index contributed by atoms with van der Waals surface area (Å²) in [5.41, 5.74) is 0. The maximum atomic E-state index is 12.9. The molecule has 0 radical (unpaired) electrons. The van der Waals surface area contributed by atoms with Gasteiger partial charge in [0.25, 0.3) is 0 Å². The molecule has 5 nitrogen and oxygen atoms in total.